The van der Waals surface area contributed by atoms with Gasteiger partial charge < -0.3 is 10.6 Å². The highest BCUT2D eigenvalue weighted by atomic mass is 35.5. The van der Waals surface area contributed by atoms with Crippen molar-refractivity contribution in [1.82, 2.24) is 9.62 Å². The zero-order chi connectivity index (χ0) is 21.7. The molecule has 0 aliphatic carbocycles. The van der Waals surface area contributed by atoms with Crippen LogP contribution in [0.5, 0.6) is 0 Å². The minimum absolute atomic E-state index is 0.0781. The molecule has 2 atom stereocenters. The van der Waals surface area contributed by atoms with Gasteiger partial charge in [0.05, 0.1) is 4.90 Å². The van der Waals surface area contributed by atoms with Crippen molar-refractivity contribution >= 4 is 27.5 Å². The van der Waals surface area contributed by atoms with Crippen molar-refractivity contribution in [1.29, 1.82) is 0 Å². The highest BCUT2D eigenvalue weighted by molar-refractivity contribution is 7.89. The summed E-state index contributed by atoms with van der Waals surface area (Å²) < 4.78 is 41.3. The molecule has 1 aliphatic heterocycles. The maximum Gasteiger partial charge on any atom is 0.240 e. The normalized spacial score (nSPS) is 17.8. The number of benzene rings is 2. The summed E-state index contributed by atoms with van der Waals surface area (Å²) in [5, 5.41) is 0.452. The van der Waals surface area contributed by atoms with Crippen molar-refractivity contribution in [2.75, 3.05) is 13.1 Å². The van der Waals surface area contributed by atoms with Crippen molar-refractivity contribution in [3.8, 4) is 0 Å². The van der Waals surface area contributed by atoms with Gasteiger partial charge in [-0.2, -0.15) is 0 Å². The van der Waals surface area contributed by atoms with E-state index in [4.69, 9.17) is 17.3 Å². The number of likely N-dealkylation sites (tertiary alicyclic amines) is 1. The van der Waals surface area contributed by atoms with Crippen LogP contribution in [0, 0.1) is 5.82 Å². The summed E-state index contributed by atoms with van der Waals surface area (Å²) in [5.74, 6) is -0.483. The Morgan fingerprint density at radius 2 is 1.93 bits per heavy atom. The Morgan fingerprint density at radius 1 is 1.23 bits per heavy atom. The van der Waals surface area contributed by atoms with E-state index < -0.39 is 16.1 Å². The molecule has 0 unspecified atom stereocenters. The first-order chi connectivity index (χ1) is 14.3. The Morgan fingerprint density at radius 3 is 2.63 bits per heavy atom. The van der Waals surface area contributed by atoms with E-state index in [1.165, 1.54) is 30.3 Å². The topological polar surface area (TPSA) is 92.5 Å². The predicted molar refractivity (Wildman–Crippen MR) is 114 cm³/mol. The number of nitrogens with two attached hydrogens (primary N) is 1. The van der Waals surface area contributed by atoms with Gasteiger partial charge in [0.1, 0.15) is 5.82 Å². The van der Waals surface area contributed by atoms with E-state index in [1.807, 2.05) is 0 Å². The molecule has 1 heterocycles. The van der Waals surface area contributed by atoms with Crippen LogP contribution in [0.3, 0.4) is 0 Å². The molecule has 30 heavy (non-hydrogen) atoms. The monoisotopic (exact) mass is 453 g/mol. The van der Waals surface area contributed by atoms with Crippen LogP contribution in [-0.4, -0.2) is 44.4 Å². The number of hydrogen-bond donors (Lipinski definition) is 2. The molecule has 2 aromatic carbocycles. The second kappa shape index (κ2) is 9.87. The van der Waals surface area contributed by atoms with Crippen LogP contribution < -0.4 is 10.5 Å². The molecule has 0 bridgehead atoms. The summed E-state index contributed by atoms with van der Waals surface area (Å²) >= 11 is 5.81. The fourth-order valence-corrected chi connectivity index (χ4v) is 4.84. The number of carbonyl (C=O) groups is 1. The smallest absolute Gasteiger partial charge is 0.240 e. The number of nitrogens with one attached hydrogen (secondary N) is 1. The largest absolute Gasteiger partial charge is 0.338 e. The number of halogens is 2. The standard InChI is InChI=1S/C21H25ClFN3O3S/c22-16-7-9-19(10-8-16)30(28,29)25-14-18-5-3-11-26(18)21(27)13-17(24)12-15-4-1-2-6-20(15)23/h1-2,4,6-10,17-18,25H,3,5,11-14,24H2/t17-,18+/m1/s1. The third kappa shape index (κ3) is 5.78. The summed E-state index contributed by atoms with van der Waals surface area (Å²) in [6.07, 6.45) is 1.84. The number of hydrogen-bond acceptors (Lipinski definition) is 4. The van der Waals surface area contributed by atoms with Crippen LogP contribution in [-0.2, 0) is 21.2 Å². The molecule has 9 heteroatoms. The van der Waals surface area contributed by atoms with Crippen LogP contribution in [0.4, 0.5) is 4.39 Å². The maximum absolute atomic E-state index is 13.8. The van der Waals surface area contributed by atoms with Gasteiger partial charge in [0.15, 0.2) is 0 Å². The van der Waals surface area contributed by atoms with E-state index in [1.54, 1.807) is 23.1 Å². The van der Waals surface area contributed by atoms with E-state index in [9.17, 15) is 17.6 Å². The number of carbonyl (C=O) groups excluding carboxylic acids is 1. The molecule has 0 spiro atoms. The molecule has 1 amide bonds. The molecule has 1 saturated heterocycles. The lowest BCUT2D eigenvalue weighted by molar-refractivity contribution is -0.132. The van der Waals surface area contributed by atoms with Gasteiger partial charge in [-0.3, -0.25) is 4.79 Å². The maximum atomic E-state index is 13.8. The van der Waals surface area contributed by atoms with Gasteiger partial charge >= 0.3 is 0 Å². The van der Waals surface area contributed by atoms with Crippen molar-refractivity contribution in [3.63, 3.8) is 0 Å². The zero-order valence-electron chi connectivity index (χ0n) is 16.4. The molecular formula is C21H25ClFN3O3S. The van der Waals surface area contributed by atoms with Crippen LogP contribution in [0.15, 0.2) is 53.4 Å². The molecular weight excluding hydrogens is 429 g/mol. The van der Waals surface area contributed by atoms with Gasteiger partial charge in [0.2, 0.25) is 15.9 Å². The molecule has 0 saturated carbocycles. The lowest BCUT2D eigenvalue weighted by Crippen LogP contribution is -2.44. The molecule has 0 aromatic heterocycles. The van der Waals surface area contributed by atoms with Gasteiger partial charge in [0.25, 0.3) is 0 Å². The molecule has 1 aliphatic rings. The van der Waals surface area contributed by atoms with Crippen molar-refractivity contribution in [2.45, 2.75) is 42.7 Å². The Kier molecular flexibility index (Phi) is 7.46. The third-order valence-electron chi connectivity index (χ3n) is 5.21. The number of nitrogens with zero attached hydrogens (tertiary/aromatic N) is 1. The fraction of sp³-hybridized carbons (Fsp3) is 0.381. The summed E-state index contributed by atoms with van der Waals surface area (Å²) in [6.45, 7) is 0.678. The first-order valence-electron chi connectivity index (χ1n) is 9.80. The van der Waals surface area contributed by atoms with Crippen molar-refractivity contribution in [3.05, 3.63) is 64.9 Å². The summed E-state index contributed by atoms with van der Waals surface area (Å²) in [5.41, 5.74) is 6.56. The van der Waals surface area contributed by atoms with Gasteiger partial charge in [-0.25, -0.2) is 17.5 Å². The fourth-order valence-electron chi connectivity index (χ4n) is 3.64. The second-order valence-electron chi connectivity index (χ2n) is 7.45. The second-order valence-corrected chi connectivity index (χ2v) is 9.65. The highest BCUT2D eigenvalue weighted by Gasteiger charge is 2.30. The van der Waals surface area contributed by atoms with Crippen LogP contribution in [0.2, 0.25) is 5.02 Å². The van der Waals surface area contributed by atoms with E-state index in [-0.39, 0.29) is 42.0 Å². The molecule has 0 radical (unpaired) electrons. The molecule has 2 aromatic rings. The molecule has 6 nitrogen and oxygen atoms in total. The minimum atomic E-state index is -3.70. The number of rotatable bonds is 8. The van der Waals surface area contributed by atoms with Gasteiger partial charge in [-0.1, -0.05) is 29.8 Å². The first-order valence-corrected chi connectivity index (χ1v) is 11.7. The summed E-state index contributed by atoms with van der Waals surface area (Å²) in [4.78, 5) is 14.5. The van der Waals surface area contributed by atoms with Crippen LogP contribution in [0.1, 0.15) is 24.8 Å². The highest BCUT2D eigenvalue weighted by Crippen LogP contribution is 2.20. The van der Waals surface area contributed by atoms with Crippen LogP contribution in [0.25, 0.3) is 0 Å². The Labute approximate surface area is 181 Å². The molecule has 162 valence electrons. The van der Waals surface area contributed by atoms with E-state index in [2.05, 4.69) is 4.72 Å². The number of amides is 1. The number of sulfonamides is 1. The van der Waals surface area contributed by atoms with Crippen molar-refractivity contribution < 1.29 is 17.6 Å². The van der Waals surface area contributed by atoms with Gasteiger partial charge in [0, 0.05) is 36.6 Å². The average molecular weight is 454 g/mol. The lowest BCUT2D eigenvalue weighted by Gasteiger charge is -2.26. The first kappa shape index (κ1) is 22.7. The summed E-state index contributed by atoms with van der Waals surface area (Å²) in [7, 11) is -3.70. The van der Waals surface area contributed by atoms with Crippen LogP contribution >= 0.6 is 11.6 Å². The Bertz CT molecular complexity index is 985. The summed E-state index contributed by atoms with van der Waals surface area (Å²) in [6, 6.07) is 11.5. The van der Waals surface area contributed by atoms with E-state index in [0.717, 1.165) is 6.42 Å². The Balaban J connectivity index is 1.56. The van der Waals surface area contributed by atoms with E-state index in [0.29, 0.717) is 23.6 Å². The Hall–Kier alpha value is -2.00. The molecule has 3 N–H and O–H groups in total. The molecule has 3 rings (SSSR count). The predicted octanol–water partition coefficient (Wildman–Crippen LogP) is 2.71. The third-order valence-corrected chi connectivity index (χ3v) is 6.90. The van der Waals surface area contributed by atoms with Gasteiger partial charge in [-0.05, 0) is 55.2 Å². The quantitative estimate of drug-likeness (QED) is 0.642. The van der Waals surface area contributed by atoms with Crippen molar-refractivity contribution in [2.24, 2.45) is 5.73 Å². The van der Waals surface area contributed by atoms with E-state index >= 15 is 0 Å². The molecule has 1 fully saturated rings. The average Bonchev–Trinajstić information content (AvgIpc) is 3.17. The lowest BCUT2D eigenvalue weighted by atomic mass is 10.0. The minimum Gasteiger partial charge on any atom is -0.338 e. The zero-order valence-corrected chi connectivity index (χ0v) is 18.0. The van der Waals surface area contributed by atoms with Gasteiger partial charge in [-0.15, -0.1) is 0 Å². The SMILES string of the molecule is N[C@@H](CC(=O)N1CCC[C@H]1CNS(=O)(=O)c1ccc(Cl)cc1)Cc1ccccc1F.